The third-order valence-corrected chi connectivity index (χ3v) is 2.77. The highest BCUT2D eigenvalue weighted by Crippen LogP contribution is 2.20. The number of carbonyl (C=O) groups is 1. The fourth-order valence-electron chi connectivity index (χ4n) is 1.44. The molecule has 0 saturated heterocycles. The van der Waals surface area contributed by atoms with Crippen LogP contribution in [-0.4, -0.2) is 17.7 Å². The van der Waals surface area contributed by atoms with Crippen molar-refractivity contribution in [2.24, 2.45) is 5.92 Å². The van der Waals surface area contributed by atoms with Crippen molar-refractivity contribution in [2.75, 3.05) is 6.61 Å². The molecule has 0 aliphatic rings. The molecule has 1 aromatic rings. The normalized spacial score (nSPS) is 12.5. The van der Waals surface area contributed by atoms with Crippen LogP contribution in [0.15, 0.2) is 24.3 Å². The van der Waals surface area contributed by atoms with Gasteiger partial charge in [-0.15, -0.1) is 0 Å². The Balaban J connectivity index is 2.47. The van der Waals surface area contributed by atoms with Gasteiger partial charge in [0.1, 0.15) is 5.75 Å². The monoisotopic (exact) mass is 236 g/mol. The highest BCUT2D eigenvalue weighted by atomic mass is 16.5. The Labute approximate surface area is 102 Å². The zero-order valence-corrected chi connectivity index (χ0v) is 10.6. The number of carboxylic acids is 1. The first-order chi connectivity index (χ1) is 8.00. The van der Waals surface area contributed by atoms with Gasteiger partial charge < -0.3 is 9.84 Å². The van der Waals surface area contributed by atoms with Crippen molar-refractivity contribution in [3.63, 3.8) is 0 Å². The van der Waals surface area contributed by atoms with E-state index < -0.39 is 5.97 Å². The van der Waals surface area contributed by atoms with E-state index in [1.165, 1.54) is 5.56 Å². The second kappa shape index (κ2) is 6.28. The molecule has 0 amide bonds. The Morgan fingerprint density at radius 3 is 2.65 bits per heavy atom. The van der Waals surface area contributed by atoms with Crippen LogP contribution in [-0.2, 0) is 4.79 Å². The number of carboxylic acid groups (broad SMARTS) is 1. The molecule has 3 nitrogen and oxygen atoms in total. The molecule has 0 aromatic heterocycles. The lowest BCUT2D eigenvalue weighted by molar-refractivity contribution is -0.141. The third kappa shape index (κ3) is 4.47. The maximum Gasteiger partial charge on any atom is 0.306 e. The van der Waals surface area contributed by atoms with Gasteiger partial charge in [-0.2, -0.15) is 0 Å². The molecular weight excluding hydrogens is 216 g/mol. The van der Waals surface area contributed by atoms with Crippen LogP contribution < -0.4 is 4.74 Å². The first-order valence-electron chi connectivity index (χ1n) is 5.96. The molecule has 1 N–H and O–H groups in total. The number of ether oxygens (including phenoxy) is 1. The molecule has 94 valence electrons. The summed E-state index contributed by atoms with van der Waals surface area (Å²) in [5.41, 5.74) is 1.23. The zero-order chi connectivity index (χ0) is 12.8. The van der Waals surface area contributed by atoms with Crippen LogP contribution in [0.2, 0.25) is 0 Å². The molecule has 1 aromatic carbocycles. The lowest BCUT2D eigenvalue weighted by Crippen LogP contribution is -2.13. The molecule has 0 radical (unpaired) electrons. The highest BCUT2D eigenvalue weighted by Gasteiger charge is 2.10. The SMILES string of the molecule is CC(CCOc1cccc(C(C)C)c1)C(=O)O. The van der Waals surface area contributed by atoms with Crippen LogP contribution in [0.3, 0.4) is 0 Å². The van der Waals surface area contributed by atoms with Gasteiger partial charge >= 0.3 is 5.97 Å². The molecule has 1 unspecified atom stereocenters. The first-order valence-corrected chi connectivity index (χ1v) is 5.96. The number of hydrogen-bond donors (Lipinski definition) is 1. The average molecular weight is 236 g/mol. The van der Waals surface area contributed by atoms with Crippen molar-refractivity contribution >= 4 is 5.97 Å². The summed E-state index contributed by atoms with van der Waals surface area (Å²) in [6.07, 6.45) is 0.529. The van der Waals surface area contributed by atoms with E-state index in [2.05, 4.69) is 19.9 Å². The average Bonchev–Trinajstić information content (AvgIpc) is 2.29. The van der Waals surface area contributed by atoms with Crippen LogP contribution in [0.4, 0.5) is 0 Å². The summed E-state index contributed by atoms with van der Waals surface area (Å²) >= 11 is 0. The van der Waals surface area contributed by atoms with Gasteiger partial charge in [0.25, 0.3) is 0 Å². The van der Waals surface area contributed by atoms with E-state index in [1.54, 1.807) is 6.92 Å². The Kier molecular flexibility index (Phi) is 5.01. The minimum atomic E-state index is -0.774. The van der Waals surface area contributed by atoms with Gasteiger partial charge in [-0.3, -0.25) is 4.79 Å². The van der Waals surface area contributed by atoms with Crippen LogP contribution >= 0.6 is 0 Å². The Morgan fingerprint density at radius 1 is 1.35 bits per heavy atom. The molecule has 17 heavy (non-hydrogen) atoms. The van der Waals surface area contributed by atoms with Gasteiger partial charge in [0.05, 0.1) is 12.5 Å². The van der Waals surface area contributed by atoms with E-state index in [0.29, 0.717) is 18.9 Å². The van der Waals surface area contributed by atoms with Gasteiger partial charge in [-0.25, -0.2) is 0 Å². The molecule has 3 heteroatoms. The molecule has 0 aliphatic carbocycles. The van der Waals surface area contributed by atoms with Crippen molar-refractivity contribution in [3.8, 4) is 5.75 Å². The number of rotatable bonds is 6. The van der Waals surface area contributed by atoms with Gasteiger partial charge in [-0.05, 0) is 30.0 Å². The van der Waals surface area contributed by atoms with Crippen molar-refractivity contribution in [2.45, 2.75) is 33.1 Å². The Morgan fingerprint density at radius 2 is 2.06 bits per heavy atom. The third-order valence-electron chi connectivity index (χ3n) is 2.77. The molecule has 0 spiro atoms. The predicted molar refractivity (Wildman–Crippen MR) is 67.4 cm³/mol. The fraction of sp³-hybridized carbons (Fsp3) is 0.500. The summed E-state index contributed by atoms with van der Waals surface area (Å²) in [6, 6.07) is 7.94. The summed E-state index contributed by atoms with van der Waals surface area (Å²) < 4.78 is 5.55. The summed E-state index contributed by atoms with van der Waals surface area (Å²) in [5, 5.41) is 8.74. The largest absolute Gasteiger partial charge is 0.494 e. The van der Waals surface area contributed by atoms with Gasteiger partial charge in [0.15, 0.2) is 0 Å². The number of aliphatic carboxylic acids is 1. The molecule has 1 atom stereocenters. The van der Waals surface area contributed by atoms with Crippen molar-refractivity contribution in [1.82, 2.24) is 0 Å². The smallest absolute Gasteiger partial charge is 0.306 e. The van der Waals surface area contributed by atoms with E-state index in [0.717, 1.165) is 5.75 Å². The maximum atomic E-state index is 10.6. The van der Waals surface area contributed by atoms with Crippen LogP contribution in [0.5, 0.6) is 5.75 Å². The minimum absolute atomic E-state index is 0.358. The molecule has 0 bridgehead atoms. The standard InChI is InChI=1S/C14H20O3/c1-10(2)12-5-4-6-13(9-12)17-8-7-11(3)14(15)16/h4-6,9-11H,7-8H2,1-3H3,(H,15,16). The minimum Gasteiger partial charge on any atom is -0.494 e. The molecular formula is C14H20O3. The molecule has 0 saturated carbocycles. The molecule has 0 heterocycles. The van der Waals surface area contributed by atoms with Gasteiger partial charge in [0.2, 0.25) is 0 Å². The quantitative estimate of drug-likeness (QED) is 0.824. The van der Waals surface area contributed by atoms with E-state index in [4.69, 9.17) is 9.84 Å². The molecule has 0 fully saturated rings. The molecule has 0 aliphatic heterocycles. The van der Waals surface area contributed by atoms with Crippen molar-refractivity contribution in [1.29, 1.82) is 0 Å². The van der Waals surface area contributed by atoms with E-state index in [-0.39, 0.29) is 5.92 Å². The van der Waals surface area contributed by atoms with Crippen LogP contribution in [0.1, 0.15) is 38.7 Å². The summed E-state index contributed by atoms with van der Waals surface area (Å²) in [5.74, 6) is 0.151. The van der Waals surface area contributed by atoms with E-state index >= 15 is 0 Å². The van der Waals surface area contributed by atoms with E-state index in [9.17, 15) is 4.79 Å². The Hall–Kier alpha value is -1.51. The maximum absolute atomic E-state index is 10.6. The zero-order valence-electron chi connectivity index (χ0n) is 10.6. The topological polar surface area (TPSA) is 46.5 Å². The van der Waals surface area contributed by atoms with Crippen LogP contribution in [0.25, 0.3) is 0 Å². The molecule has 1 rings (SSSR count). The number of hydrogen-bond acceptors (Lipinski definition) is 2. The van der Waals surface area contributed by atoms with Crippen molar-refractivity contribution < 1.29 is 14.6 Å². The summed E-state index contributed by atoms with van der Waals surface area (Å²) in [6.45, 7) is 6.39. The highest BCUT2D eigenvalue weighted by molar-refractivity contribution is 5.69. The van der Waals surface area contributed by atoms with Crippen LogP contribution in [0, 0.1) is 5.92 Å². The second-order valence-corrected chi connectivity index (χ2v) is 4.60. The van der Waals surface area contributed by atoms with Crippen molar-refractivity contribution in [3.05, 3.63) is 29.8 Å². The fourth-order valence-corrected chi connectivity index (χ4v) is 1.44. The lowest BCUT2D eigenvalue weighted by Gasteiger charge is -2.11. The summed E-state index contributed by atoms with van der Waals surface area (Å²) in [7, 11) is 0. The summed E-state index contributed by atoms with van der Waals surface area (Å²) in [4.78, 5) is 10.6. The number of benzene rings is 1. The first kappa shape index (κ1) is 13.6. The van der Waals surface area contributed by atoms with Gasteiger partial charge in [0, 0.05) is 0 Å². The van der Waals surface area contributed by atoms with E-state index in [1.807, 2.05) is 18.2 Å². The Bertz CT molecular complexity index is 371. The second-order valence-electron chi connectivity index (χ2n) is 4.60. The van der Waals surface area contributed by atoms with Gasteiger partial charge in [-0.1, -0.05) is 32.9 Å². The lowest BCUT2D eigenvalue weighted by atomic mass is 10.0. The predicted octanol–water partition coefficient (Wildman–Crippen LogP) is 3.30.